The number of imidazole rings is 1. The first-order valence-electron chi connectivity index (χ1n) is 11.7. The summed E-state index contributed by atoms with van der Waals surface area (Å²) in [7, 11) is 0. The highest BCUT2D eigenvalue weighted by atomic mass is 16.5. The number of aromatic nitrogens is 3. The fourth-order valence-electron chi connectivity index (χ4n) is 4.46. The van der Waals surface area contributed by atoms with Gasteiger partial charge in [-0.05, 0) is 55.7 Å². The Morgan fingerprint density at radius 2 is 1.78 bits per heavy atom. The van der Waals surface area contributed by atoms with Gasteiger partial charge in [-0.25, -0.2) is 9.78 Å². The maximum Gasteiger partial charge on any atom is 0.323 e. The van der Waals surface area contributed by atoms with E-state index in [0.717, 1.165) is 0 Å². The van der Waals surface area contributed by atoms with Crippen molar-refractivity contribution in [3.63, 3.8) is 0 Å². The van der Waals surface area contributed by atoms with Crippen LogP contribution in [0.15, 0.2) is 59.4 Å². The highest BCUT2D eigenvalue weighted by molar-refractivity contribution is 6.11. The van der Waals surface area contributed by atoms with Gasteiger partial charge in [-0.1, -0.05) is 24.1 Å². The lowest BCUT2D eigenvalue weighted by molar-refractivity contribution is -0.116. The number of nitrogens with two attached hydrogens (primary N) is 1. The van der Waals surface area contributed by atoms with Crippen molar-refractivity contribution in [3.8, 4) is 34.6 Å². The molecule has 4 aromatic rings. The zero-order valence-electron chi connectivity index (χ0n) is 20.0. The number of ether oxygens (including phenoxy) is 1. The number of H-pyrrole nitrogens is 2. The Labute approximate surface area is 211 Å². The average Bonchev–Trinajstić information content (AvgIpc) is 3.50. The van der Waals surface area contributed by atoms with Gasteiger partial charge < -0.3 is 30.7 Å². The third-order valence-electron chi connectivity index (χ3n) is 6.07. The molecule has 1 atom stereocenters. The largest absolute Gasteiger partial charge is 0.457 e. The number of nitrogens with one attached hydrogen (secondary N) is 3. The summed E-state index contributed by atoms with van der Waals surface area (Å²) in [6.07, 6.45) is 0.674. The van der Waals surface area contributed by atoms with Crippen LogP contribution in [0.1, 0.15) is 23.7 Å². The smallest absolute Gasteiger partial charge is 0.323 e. The van der Waals surface area contributed by atoms with Crippen molar-refractivity contribution < 1.29 is 14.3 Å². The zero-order chi connectivity index (χ0) is 25.9. The minimum absolute atomic E-state index is 0.107. The molecule has 37 heavy (non-hydrogen) atoms. The number of carbonyl (C=O) groups is 2. The molecule has 5 N–H and O–H groups in total. The monoisotopic (exact) mass is 496 g/mol. The van der Waals surface area contributed by atoms with E-state index >= 15 is 0 Å². The molecule has 2 aromatic heterocycles. The summed E-state index contributed by atoms with van der Waals surface area (Å²) < 4.78 is 5.87. The lowest BCUT2D eigenvalue weighted by Crippen LogP contribution is -2.36. The van der Waals surface area contributed by atoms with Gasteiger partial charge in [-0.3, -0.25) is 9.59 Å². The van der Waals surface area contributed by atoms with Crippen molar-refractivity contribution in [3.05, 3.63) is 70.6 Å². The minimum atomic E-state index is -0.719. The van der Waals surface area contributed by atoms with Gasteiger partial charge in [0.1, 0.15) is 17.0 Å². The standard InChI is InChI=1S/C27H24N6O4/c1-2-6-20(34)29-17-13-14-33(15-17)26-24-23(31-27(36)32-24)21(25(28)35)22(30-26)16-9-11-19(12-10-16)37-18-7-4-3-5-8-18/h3-5,7-12,17H,13-15H2,1H3,(H2,28,35)(H,29,34)(H2,31,32,36)/t17-/m0/s1. The number of hydrogen-bond donors (Lipinski definition) is 4. The van der Waals surface area contributed by atoms with E-state index in [1.54, 1.807) is 31.2 Å². The number of fused-ring (bicyclic) bond motifs is 1. The first kappa shape index (κ1) is 23.7. The SMILES string of the molecule is CC#CC(=O)N[C@H]1CCN(c2nc(-c3ccc(Oc4ccccc4)cc3)c(C(N)=O)c3[nH]c(=O)[nH]c23)C1. The molecule has 2 aromatic carbocycles. The van der Waals surface area contributed by atoms with Crippen LogP contribution in [0.5, 0.6) is 11.5 Å². The fourth-order valence-corrected chi connectivity index (χ4v) is 4.46. The number of benzene rings is 2. The van der Waals surface area contributed by atoms with Gasteiger partial charge >= 0.3 is 5.69 Å². The first-order valence-corrected chi connectivity index (χ1v) is 11.7. The van der Waals surface area contributed by atoms with E-state index in [2.05, 4.69) is 27.1 Å². The second-order valence-electron chi connectivity index (χ2n) is 8.57. The molecule has 0 radical (unpaired) electrons. The number of hydrogen-bond acceptors (Lipinski definition) is 6. The molecule has 5 rings (SSSR count). The molecule has 0 spiro atoms. The summed E-state index contributed by atoms with van der Waals surface area (Å²) in [5.41, 5.74) is 7.01. The molecule has 10 heteroatoms. The molecule has 186 valence electrons. The van der Waals surface area contributed by atoms with Gasteiger partial charge in [-0.15, -0.1) is 0 Å². The van der Waals surface area contributed by atoms with Gasteiger partial charge in [0.05, 0.1) is 16.8 Å². The van der Waals surface area contributed by atoms with Crippen molar-refractivity contribution in [1.82, 2.24) is 20.3 Å². The predicted molar refractivity (Wildman–Crippen MR) is 139 cm³/mol. The van der Waals surface area contributed by atoms with Gasteiger partial charge in [0.25, 0.3) is 11.8 Å². The van der Waals surface area contributed by atoms with Crippen LogP contribution >= 0.6 is 0 Å². The van der Waals surface area contributed by atoms with Gasteiger partial charge in [0, 0.05) is 24.7 Å². The Morgan fingerprint density at radius 3 is 2.49 bits per heavy atom. The molecule has 0 bridgehead atoms. The number of nitrogens with zero attached hydrogens (tertiary/aromatic N) is 2. The van der Waals surface area contributed by atoms with Crippen molar-refractivity contribution in [2.24, 2.45) is 5.73 Å². The Morgan fingerprint density at radius 1 is 1.08 bits per heavy atom. The van der Waals surface area contributed by atoms with Gasteiger partial charge in [-0.2, -0.15) is 0 Å². The van der Waals surface area contributed by atoms with Crippen LogP contribution in [0.25, 0.3) is 22.3 Å². The number of carbonyl (C=O) groups excluding carboxylic acids is 2. The molecular weight excluding hydrogens is 472 g/mol. The number of primary amides is 1. The summed E-state index contributed by atoms with van der Waals surface area (Å²) in [5, 5.41) is 2.89. The molecular formula is C27H24N6O4. The number of para-hydroxylation sites is 1. The molecule has 1 saturated heterocycles. The van der Waals surface area contributed by atoms with Crippen molar-refractivity contribution in [2.75, 3.05) is 18.0 Å². The molecule has 0 saturated carbocycles. The van der Waals surface area contributed by atoms with Crippen LogP contribution in [-0.4, -0.2) is 45.9 Å². The third kappa shape index (κ3) is 4.88. The Kier molecular flexibility index (Phi) is 6.34. The van der Waals surface area contributed by atoms with Crippen LogP contribution in [0, 0.1) is 11.8 Å². The number of rotatable bonds is 6. The first-order chi connectivity index (χ1) is 17.9. The van der Waals surface area contributed by atoms with Crippen LogP contribution < -0.4 is 26.4 Å². The lowest BCUT2D eigenvalue weighted by Gasteiger charge is -2.20. The fraction of sp³-hybridized carbons (Fsp3) is 0.185. The molecule has 10 nitrogen and oxygen atoms in total. The van der Waals surface area contributed by atoms with Crippen LogP contribution in [-0.2, 0) is 4.79 Å². The van der Waals surface area contributed by atoms with Crippen molar-refractivity contribution >= 4 is 28.7 Å². The molecule has 3 heterocycles. The molecule has 1 aliphatic rings. The summed E-state index contributed by atoms with van der Waals surface area (Å²) in [4.78, 5) is 48.9. The zero-order valence-corrected chi connectivity index (χ0v) is 20.0. The van der Waals surface area contributed by atoms with Crippen LogP contribution in [0.3, 0.4) is 0 Å². The second-order valence-corrected chi connectivity index (χ2v) is 8.57. The highest BCUT2D eigenvalue weighted by Crippen LogP contribution is 2.34. The summed E-state index contributed by atoms with van der Waals surface area (Å²) >= 11 is 0. The van der Waals surface area contributed by atoms with E-state index < -0.39 is 11.6 Å². The Balaban J connectivity index is 1.53. The molecule has 0 aliphatic carbocycles. The lowest BCUT2D eigenvalue weighted by atomic mass is 10.0. The average molecular weight is 497 g/mol. The van der Waals surface area contributed by atoms with E-state index in [-0.39, 0.29) is 23.0 Å². The normalized spacial score (nSPS) is 14.7. The predicted octanol–water partition coefficient (Wildman–Crippen LogP) is 2.53. The summed E-state index contributed by atoms with van der Waals surface area (Å²) in [6.45, 7) is 2.65. The molecule has 1 aliphatic heterocycles. The number of amides is 2. The van der Waals surface area contributed by atoms with Crippen molar-refractivity contribution in [2.45, 2.75) is 19.4 Å². The number of aromatic amines is 2. The van der Waals surface area contributed by atoms with Gasteiger partial charge in [0.2, 0.25) is 0 Å². The maximum atomic E-state index is 12.5. The molecule has 1 fully saturated rings. The topological polar surface area (TPSA) is 146 Å². The Hall–Kier alpha value is -5.04. The van der Waals surface area contributed by atoms with E-state index in [1.165, 1.54) is 0 Å². The quantitative estimate of drug-likeness (QED) is 0.302. The van der Waals surface area contributed by atoms with Crippen LogP contribution in [0.2, 0.25) is 0 Å². The second kappa shape index (κ2) is 9.91. The number of pyridine rings is 1. The highest BCUT2D eigenvalue weighted by Gasteiger charge is 2.29. The van der Waals surface area contributed by atoms with E-state index in [4.69, 9.17) is 15.5 Å². The van der Waals surface area contributed by atoms with E-state index in [0.29, 0.717) is 53.6 Å². The number of anilines is 1. The maximum absolute atomic E-state index is 12.5. The molecule has 2 amide bonds. The third-order valence-corrected chi connectivity index (χ3v) is 6.07. The van der Waals surface area contributed by atoms with E-state index in [9.17, 15) is 14.4 Å². The summed E-state index contributed by atoms with van der Waals surface area (Å²) in [5.74, 6) is 5.80. The van der Waals surface area contributed by atoms with Crippen LogP contribution in [0.4, 0.5) is 5.82 Å². The Bertz CT molecular complexity index is 1600. The molecule has 0 unspecified atom stereocenters. The summed E-state index contributed by atoms with van der Waals surface area (Å²) in [6, 6.07) is 16.3. The van der Waals surface area contributed by atoms with Crippen molar-refractivity contribution in [1.29, 1.82) is 0 Å². The van der Waals surface area contributed by atoms with Gasteiger partial charge in [0.15, 0.2) is 5.82 Å². The van der Waals surface area contributed by atoms with E-state index in [1.807, 2.05) is 35.2 Å². The minimum Gasteiger partial charge on any atom is -0.457 e.